The molecule has 0 spiro atoms. The third-order valence-electron chi connectivity index (χ3n) is 6.38. The number of alkyl halides is 2. The van der Waals surface area contributed by atoms with Gasteiger partial charge in [-0.15, -0.1) is 11.3 Å². The Morgan fingerprint density at radius 1 is 1.33 bits per heavy atom. The number of aromatic nitrogens is 3. The number of amides is 1. The molecule has 4 N–H and O–H groups in total. The molecule has 39 heavy (non-hydrogen) atoms. The Balaban J connectivity index is 1.67. The van der Waals surface area contributed by atoms with E-state index in [2.05, 4.69) is 15.4 Å². The number of fused-ring (bicyclic) bond motifs is 1. The summed E-state index contributed by atoms with van der Waals surface area (Å²) in [6, 6.07) is 4.27. The smallest absolute Gasteiger partial charge is 0.333 e. The normalized spacial score (nSPS) is 20.8. The quantitative estimate of drug-likeness (QED) is 0.371. The van der Waals surface area contributed by atoms with Crippen LogP contribution in [0.25, 0.3) is 5.57 Å². The molecule has 0 saturated carbocycles. The van der Waals surface area contributed by atoms with Crippen LogP contribution in [0.2, 0.25) is 5.02 Å². The maximum atomic E-state index is 13.9. The minimum atomic E-state index is -2.90. The van der Waals surface area contributed by atoms with Crippen molar-refractivity contribution in [3.8, 4) is 0 Å². The van der Waals surface area contributed by atoms with Gasteiger partial charge in [-0.1, -0.05) is 17.7 Å². The maximum absolute atomic E-state index is 13.9. The van der Waals surface area contributed by atoms with E-state index in [9.17, 15) is 22.8 Å². The number of amidine groups is 1. The van der Waals surface area contributed by atoms with Gasteiger partial charge in [0.1, 0.15) is 17.4 Å². The van der Waals surface area contributed by atoms with E-state index < -0.39 is 35.8 Å². The number of carboxylic acids is 1. The average Bonchev–Trinajstić information content (AvgIpc) is 3.63. The number of nitrogens with zero attached hydrogens (tertiary/aromatic N) is 5. The number of hydrogen-bond acceptors (Lipinski definition) is 8. The Labute approximate surface area is 228 Å². The molecule has 1 saturated heterocycles. The van der Waals surface area contributed by atoms with Crippen LogP contribution in [0.3, 0.4) is 0 Å². The summed E-state index contributed by atoms with van der Waals surface area (Å²) < 4.78 is 41.3. The molecule has 1 aromatic carbocycles. The van der Waals surface area contributed by atoms with Gasteiger partial charge < -0.3 is 21.1 Å². The molecular weight excluding hydrogens is 559 g/mol. The van der Waals surface area contributed by atoms with Crippen LogP contribution in [-0.2, 0) is 9.59 Å². The number of aliphatic imine (C=N–C) groups is 1. The zero-order chi connectivity index (χ0) is 27.9. The molecule has 2 aromatic heterocycles. The third-order valence-corrected chi connectivity index (χ3v) is 7.48. The van der Waals surface area contributed by atoms with Crippen molar-refractivity contribution in [1.82, 2.24) is 25.0 Å². The molecule has 0 radical (unpaired) electrons. The Morgan fingerprint density at radius 2 is 2.13 bits per heavy atom. The van der Waals surface area contributed by atoms with Gasteiger partial charge in [0, 0.05) is 52.6 Å². The van der Waals surface area contributed by atoms with Crippen LogP contribution in [-0.4, -0.2) is 61.1 Å². The van der Waals surface area contributed by atoms with Gasteiger partial charge in [-0.3, -0.25) is 14.6 Å². The fraction of sp³-hybridized carbons (Fsp3) is 0.292. The van der Waals surface area contributed by atoms with Crippen molar-refractivity contribution in [3.63, 3.8) is 0 Å². The van der Waals surface area contributed by atoms with Gasteiger partial charge in [-0.05, 0) is 18.2 Å². The summed E-state index contributed by atoms with van der Waals surface area (Å²) in [6.45, 7) is -3.08. The number of thiazole rings is 1. The van der Waals surface area contributed by atoms with Crippen LogP contribution in [0.5, 0.6) is 0 Å². The minimum absolute atomic E-state index is 0.0530. The van der Waals surface area contributed by atoms with Crippen LogP contribution in [0.15, 0.2) is 52.7 Å². The lowest BCUT2D eigenvalue weighted by molar-refractivity contribution is -0.137. The number of nitrogens with one attached hydrogen (secondary N) is 1. The van der Waals surface area contributed by atoms with E-state index in [1.54, 1.807) is 16.5 Å². The number of halogens is 4. The van der Waals surface area contributed by atoms with Gasteiger partial charge in [0.05, 0.1) is 18.7 Å². The van der Waals surface area contributed by atoms with Gasteiger partial charge in [-0.2, -0.15) is 13.9 Å². The fourth-order valence-corrected chi connectivity index (χ4v) is 5.54. The molecule has 3 aromatic rings. The molecule has 1 amide bonds. The minimum Gasteiger partial charge on any atom is -0.481 e. The highest BCUT2D eigenvalue weighted by Crippen LogP contribution is 2.47. The zero-order valence-corrected chi connectivity index (χ0v) is 21.6. The number of carbonyl (C=O) groups is 2. The second-order valence-corrected chi connectivity index (χ2v) is 10.3. The summed E-state index contributed by atoms with van der Waals surface area (Å²) in [4.78, 5) is 35.0. The van der Waals surface area contributed by atoms with Gasteiger partial charge in [0.2, 0.25) is 5.91 Å². The first kappa shape index (κ1) is 26.8. The summed E-state index contributed by atoms with van der Waals surface area (Å²) >= 11 is 7.72. The summed E-state index contributed by atoms with van der Waals surface area (Å²) in [5.41, 5.74) is 6.46. The molecule has 5 rings (SSSR count). The predicted octanol–water partition coefficient (Wildman–Crippen LogP) is 3.43. The molecule has 1 fully saturated rings. The predicted molar refractivity (Wildman–Crippen MR) is 137 cm³/mol. The molecule has 4 heterocycles. The van der Waals surface area contributed by atoms with Crippen LogP contribution in [0.1, 0.15) is 41.7 Å². The molecule has 0 aliphatic carbocycles. The third kappa shape index (κ3) is 5.14. The second kappa shape index (κ2) is 10.4. The van der Waals surface area contributed by atoms with Crippen molar-refractivity contribution in [1.29, 1.82) is 0 Å². The number of carbonyl (C=O) groups excluding carboxylic acids is 1. The van der Waals surface area contributed by atoms with E-state index in [1.807, 2.05) is 0 Å². The number of aliphatic carboxylic acids is 1. The zero-order valence-electron chi connectivity index (χ0n) is 20.0. The van der Waals surface area contributed by atoms with E-state index in [-0.39, 0.29) is 36.6 Å². The van der Waals surface area contributed by atoms with Crippen molar-refractivity contribution in [2.75, 3.05) is 13.1 Å². The Kier molecular flexibility index (Phi) is 7.18. The van der Waals surface area contributed by atoms with E-state index in [4.69, 9.17) is 27.4 Å². The maximum Gasteiger partial charge on any atom is 0.333 e. The monoisotopic (exact) mass is 579 g/mol. The molecule has 2 aliphatic rings. The number of rotatable bonds is 8. The van der Waals surface area contributed by atoms with Crippen molar-refractivity contribution in [2.24, 2.45) is 10.7 Å². The largest absolute Gasteiger partial charge is 0.481 e. The highest BCUT2D eigenvalue weighted by molar-refractivity contribution is 7.11. The second-order valence-electron chi connectivity index (χ2n) is 9.00. The summed E-state index contributed by atoms with van der Waals surface area (Å²) in [5, 5.41) is 17.8. The lowest BCUT2D eigenvalue weighted by atomic mass is 9.90. The highest BCUT2D eigenvalue weighted by atomic mass is 35.5. The lowest BCUT2D eigenvalue weighted by Crippen LogP contribution is -2.56. The molecule has 2 aliphatic heterocycles. The van der Waals surface area contributed by atoms with Crippen LogP contribution < -0.4 is 11.1 Å². The first-order chi connectivity index (χ1) is 18.6. The summed E-state index contributed by atoms with van der Waals surface area (Å²) in [6.07, 6.45) is 2.35. The van der Waals surface area contributed by atoms with Crippen molar-refractivity contribution >= 4 is 46.2 Å². The molecule has 2 atom stereocenters. The van der Waals surface area contributed by atoms with Crippen LogP contribution in [0.4, 0.5) is 13.2 Å². The molecule has 0 bridgehead atoms. The first-order valence-corrected chi connectivity index (χ1v) is 12.9. The standard InChI is InChI=1S/C24H21ClF3N7O3S/c25-14-9-12(26)1-2-13(14)19-18(15-4-7-35(33-15)23(27)28)16-10-24(29,22(38)31-5-3-17(36)37)11-34(16)20(32-19)21-30-6-8-39-21/h1-2,4,6-9,19,23H,3,5,10-11,29H2,(H,31,38)(H,36,37)/t19-,24+/m0/s1. The van der Waals surface area contributed by atoms with Gasteiger partial charge in [0.15, 0.2) is 10.8 Å². The topological polar surface area (TPSA) is 139 Å². The van der Waals surface area contributed by atoms with Gasteiger partial charge >= 0.3 is 12.5 Å². The average molecular weight is 580 g/mol. The van der Waals surface area contributed by atoms with E-state index in [0.29, 0.717) is 32.4 Å². The number of benzene rings is 1. The lowest BCUT2D eigenvalue weighted by Gasteiger charge is -2.32. The van der Waals surface area contributed by atoms with E-state index in [1.165, 1.54) is 29.5 Å². The molecule has 0 unspecified atom stereocenters. The molecule has 15 heteroatoms. The van der Waals surface area contributed by atoms with Crippen LogP contribution >= 0.6 is 22.9 Å². The molecule has 10 nitrogen and oxygen atoms in total. The van der Waals surface area contributed by atoms with Crippen molar-refractivity contribution < 1.29 is 27.9 Å². The van der Waals surface area contributed by atoms with Gasteiger partial charge in [0.25, 0.3) is 0 Å². The molecular formula is C24H21ClF3N7O3S. The van der Waals surface area contributed by atoms with E-state index in [0.717, 1.165) is 12.3 Å². The number of nitrogens with two attached hydrogens (primary N) is 1. The highest BCUT2D eigenvalue weighted by Gasteiger charge is 2.49. The van der Waals surface area contributed by atoms with Crippen LogP contribution in [0, 0.1) is 5.82 Å². The van der Waals surface area contributed by atoms with Gasteiger partial charge in [-0.25, -0.2) is 14.1 Å². The Hall–Kier alpha value is -3.75. The molecule has 204 valence electrons. The Morgan fingerprint density at radius 3 is 2.77 bits per heavy atom. The van der Waals surface area contributed by atoms with Crippen molar-refractivity contribution in [3.05, 3.63) is 74.8 Å². The number of hydrogen-bond donors (Lipinski definition) is 3. The SMILES string of the molecule is N[C@]1(C(=O)NCCC(=O)O)CC2=C(c3ccn(C(F)F)n3)[C@H](c3ccc(F)cc3Cl)N=C(c3nccs3)N2C1. The Bertz CT molecular complexity index is 1490. The van der Waals surface area contributed by atoms with E-state index >= 15 is 0 Å². The summed E-state index contributed by atoms with van der Waals surface area (Å²) in [5.74, 6) is -1.87. The number of carboxylic acid groups (broad SMARTS) is 1. The fourth-order valence-electron chi connectivity index (χ4n) is 4.63. The first-order valence-electron chi connectivity index (χ1n) is 11.6. The summed E-state index contributed by atoms with van der Waals surface area (Å²) in [7, 11) is 0. The van der Waals surface area contributed by atoms with Crippen molar-refractivity contribution in [2.45, 2.75) is 31.0 Å².